The van der Waals surface area contributed by atoms with E-state index in [0.717, 1.165) is 31.9 Å². The molecule has 2 saturated heterocycles. The van der Waals surface area contributed by atoms with E-state index in [9.17, 15) is 14.4 Å². The van der Waals surface area contributed by atoms with Gasteiger partial charge in [0, 0.05) is 47.2 Å². The summed E-state index contributed by atoms with van der Waals surface area (Å²) in [6.45, 7) is 3.79. The molecule has 3 N–H and O–H groups in total. The molecule has 0 radical (unpaired) electrons. The molecule has 0 aromatic rings. The van der Waals surface area contributed by atoms with Gasteiger partial charge in [-0.3, -0.25) is 19.9 Å². The summed E-state index contributed by atoms with van der Waals surface area (Å²) in [5.41, 5.74) is -0.835. The van der Waals surface area contributed by atoms with Crippen molar-refractivity contribution >= 4 is 23.8 Å². The molecular formula is C16H28N6O3. The molecule has 0 aliphatic carbocycles. The van der Waals surface area contributed by atoms with Gasteiger partial charge in [0.1, 0.15) is 5.54 Å². The molecule has 25 heavy (non-hydrogen) atoms. The third-order valence-electron chi connectivity index (χ3n) is 5.02. The van der Waals surface area contributed by atoms with Crippen LogP contribution in [0.25, 0.3) is 0 Å². The van der Waals surface area contributed by atoms with Crippen molar-refractivity contribution < 1.29 is 14.4 Å². The zero-order valence-electron chi connectivity index (χ0n) is 15.4. The molecule has 0 bridgehead atoms. The molecule has 0 aromatic carbocycles. The molecule has 2 heterocycles. The van der Waals surface area contributed by atoms with E-state index in [1.807, 2.05) is 0 Å². The number of nitrogens with one attached hydrogen (secondary N) is 3. The zero-order chi connectivity index (χ0) is 18.6. The number of rotatable bonds is 4. The minimum Gasteiger partial charge on any atom is -0.356 e. The van der Waals surface area contributed by atoms with Crippen LogP contribution in [0, 0.1) is 5.92 Å². The summed E-state index contributed by atoms with van der Waals surface area (Å²) in [5.74, 6) is 0.664. The fourth-order valence-corrected chi connectivity index (χ4v) is 3.35. The van der Waals surface area contributed by atoms with E-state index in [4.69, 9.17) is 0 Å². The van der Waals surface area contributed by atoms with Crippen LogP contribution in [0.5, 0.6) is 0 Å². The van der Waals surface area contributed by atoms with Gasteiger partial charge in [-0.05, 0) is 25.7 Å². The highest BCUT2D eigenvalue weighted by atomic mass is 16.2. The van der Waals surface area contributed by atoms with E-state index in [-0.39, 0.29) is 17.7 Å². The molecule has 0 spiro atoms. The fraction of sp³-hybridized carbons (Fsp3) is 0.750. The van der Waals surface area contributed by atoms with Gasteiger partial charge in [-0.15, -0.1) is 0 Å². The third kappa shape index (κ3) is 4.21. The number of carbonyl (C=O) groups excluding carboxylic acids is 3. The van der Waals surface area contributed by atoms with Crippen molar-refractivity contribution in [2.45, 2.75) is 31.7 Å². The highest BCUT2D eigenvalue weighted by Crippen LogP contribution is 2.30. The van der Waals surface area contributed by atoms with Crippen LogP contribution in [-0.2, 0) is 9.59 Å². The summed E-state index contributed by atoms with van der Waals surface area (Å²) < 4.78 is 0. The topological polar surface area (TPSA) is 106 Å². The molecule has 1 atom stereocenters. The Kier molecular flexibility index (Phi) is 5.86. The minimum atomic E-state index is -0.835. The fourth-order valence-electron chi connectivity index (χ4n) is 3.35. The van der Waals surface area contributed by atoms with E-state index >= 15 is 0 Å². The van der Waals surface area contributed by atoms with Crippen LogP contribution in [0.4, 0.5) is 4.79 Å². The first-order valence-electron chi connectivity index (χ1n) is 8.57. The second-order valence-electron chi connectivity index (χ2n) is 6.88. The van der Waals surface area contributed by atoms with Gasteiger partial charge >= 0.3 is 6.03 Å². The molecule has 2 rings (SSSR count). The number of hydrogen-bond acceptors (Lipinski definition) is 4. The van der Waals surface area contributed by atoms with E-state index in [1.165, 1.54) is 0 Å². The van der Waals surface area contributed by atoms with Gasteiger partial charge in [0.25, 0.3) is 5.91 Å². The van der Waals surface area contributed by atoms with Crippen LogP contribution in [0.2, 0.25) is 0 Å². The van der Waals surface area contributed by atoms with Crippen molar-refractivity contribution in [1.29, 1.82) is 0 Å². The Bertz CT molecular complexity index is 568. The molecule has 0 aromatic heterocycles. The van der Waals surface area contributed by atoms with Crippen LogP contribution in [0.1, 0.15) is 26.2 Å². The van der Waals surface area contributed by atoms with Gasteiger partial charge in [0.05, 0.1) is 0 Å². The second kappa shape index (κ2) is 7.71. The number of carbonyl (C=O) groups is 3. The standard InChI is InChI=1S/C16H28N6O3/c1-16(13(24)19-15(25)20-16)11-6-9-22(10-7-11)14(17-2)18-8-5-12(23)21(3)4/h11H,5-10H2,1-4H3,(H,17,18)(H2,19,20,24,25). The lowest BCUT2D eigenvalue weighted by Crippen LogP contribution is -2.55. The number of nitrogens with zero attached hydrogens (tertiary/aromatic N) is 3. The highest BCUT2D eigenvalue weighted by Gasteiger charge is 2.48. The Hall–Kier alpha value is -2.32. The summed E-state index contributed by atoms with van der Waals surface area (Å²) in [7, 11) is 5.19. The van der Waals surface area contributed by atoms with Crippen LogP contribution in [0.15, 0.2) is 4.99 Å². The number of guanidine groups is 1. The van der Waals surface area contributed by atoms with Gasteiger partial charge in [-0.2, -0.15) is 0 Å². The Balaban J connectivity index is 1.85. The summed E-state index contributed by atoms with van der Waals surface area (Å²) in [5, 5.41) is 8.30. The molecule has 9 heteroatoms. The third-order valence-corrected chi connectivity index (χ3v) is 5.02. The molecule has 9 nitrogen and oxygen atoms in total. The molecular weight excluding hydrogens is 324 g/mol. The Morgan fingerprint density at radius 3 is 2.48 bits per heavy atom. The predicted octanol–water partition coefficient (Wildman–Crippen LogP) is -0.650. The molecule has 2 aliphatic rings. The van der Waals surface area contributed by atoms with Gasteiger partial charge in [0.2, 0.25) is 5.91 Å². The number of piperidine rings is 1. The average Bonchev–Trinajstić information content (AvgIpc) is 2.84. The molecule has 2 fully saturated rings. The molecule has 2 aliphatic heterocycles. The molecule has 4 amide bonds. The first-order valence-corrected chi connectivity index (χ1v) is 8.57. The van der Waals surface area contributed by atoms with Crippen molar-refractivity contribution in [2.24, 2.45) is 10.9 Å². The number of urea groups is 1. The normalized spacial score (nSPS) is 24.8. The molecule has 1 unspecified atom stereocenters. The average molecular weight is 352 g/mol. The van der Waals surface area contributed by atoms with Crippen LogP contribution >= 0.6 is 0 Å². The second-order valence-corrected chi connectivity index (χ2v) is 6.88. The highest BCUT2D eigenvalue weighted by molar-refractivity contribution is 6.07. The van der Waals surface area contributed by atoms with E-state index in [1.54, 1.807) is 33.0 Å². The van der Waals surface area contributed by atoms with Crippen molar-refractivity contribution in [3.63, 3.8) is 0 Å². The Morgan fingerprint density at radius 1 is 1.36 bits per heavy atom. The van der Waals surface area contributed by atoms with Gasteiger partial charge in [-0.25, -0.2) is 4.79 Å². The minimum absolute atomic E-state index is 0.0672. The number of hydrogen-bond donors (Lipinski definition) is 3. The van der Waals surface area contributed by atoms with E-state index < -0.39 is 11.6 Å². The van der Waals surface area contributed by atoms with Crippen LogP contribution < -0.4 is 16.0 Å². The lowest BCUT2D eigenvalue weighted by Gasteiger charge is -2.39. The zero-order valence-corrected chi connectivity index (χ0v) is 15.4. The smallest absolute Gasteiger partial charge is 0.322 e. The van der Waals surface area contributed by atoms with Crippen molar-refractivity contribution in [3.8, 4) is 0 Å². The maximum absolute atomic E-state index is 12.1. The summed E-state index contributed by atoms with van der Waals surface area (Å²) in [6.07, 6.45) is 1.97. The van der Waals surface area contributed by atoms with Crippen molar-refractivity contribution in [2.75, 3.05) is 40.8 Å². The maximum atomic E-state index is 12.1. The van der Waals surface area contributed by atoms with Crippen molar-refractivity contribution in [3.05, 3.63) is 0 Å². The van der Waals surface area contributed by atoms with Gasteiger partial charge in [0.15, 0.2) is 5.96 Å². The van der Waals surface area contributed by atoms with Crippen molar-refractivity contribution in [1.82, 2.24) is 25.8 Å². The van der Waals surface area contributed by atoms with Gasteiger partial charge in [-0.1, -0.05) is 0 Å². The Labute approximate surface area is 148 Å². The van der Waals surface area contributed by atoms with Gasteiger partial charge < -0.3 is 20.4 Å². The summed E-state index contributed by atoms with van der Waals surface area (Å²) >= 11 is 0. The first-order chi connectivity index (χ1) is 11.8. The van der Waals surface area contributed by atoms with Crippen LogP contribution in [0.3, 0.4) is 0 Å². The maximum Gasteiger partial charge on any atom is 0.322 e. The number of aliphatic imine (C=N–C) groups is 1. The molecule has 0 saturated carbocycles. The number of amides is 4. The SMILES string of the molecule is CN=C(NCCC(=O)N(C)C)N1CCC(C2(C)NC(=O)NC2=O)CC1. The monoisotopic (exact) mass is 352 g/mol. The summed E-state index contributed by atoms with van der Waals surface area (Å²) in [4.78, 5) is 43.1. The van der Waals surface area contributed by atoms with Crippen LogP contribution in [-0.4, -0.2) is 79.9 Å². The molecule has 140 valence electrons. The Morgan fingerprint density at radius 2 is 2.00 bits per heavy atom. The largest absolute Gasteiger partial charge is 0.356 e. The lowest BCUT2D eigenvalue weighted by atomic mass is 9.79. The van der Waals surface area contributed by atoms with E-state index in [0.29, 0.717) is 13.0 Å². The first kappa shape index (κ1) is 19.0. The van der Waals surface area contributed by atoms with E-state index in [2.05, 4.69) is 25.8 Å². The lowest BCUT2D eigenvalue weighted by molar-refractivity contribution is -0.128. The predicted molar refractivity (Wildman–Crippen MR) is 94.0 cm³/mol. The summed E-state index contributed by atoms with van der Waals surface area (Å²) in [6, 6.07) is -0.419. The number of imide groups is 1. The number of likely N-dealkylation sites (tertiary alicyclic amines) is 1. The quantitative estimate of drug-likeness (QED) is 0.354.